The van der Waals surface area contributed by atoms with Crippen molar-refractivity contribution in [2.24, 2.45) is 0 Å². The maximum absolute atomic E-state index is 12.5. The van der Waals surface area contributed by atoms with Gasteiger partial charge in [0.1, 0.15) is 11.5 Å². The van der Waals surface area contributed by atoms with E-state index in [2.05, 4.69) is 14.6 Å². The lowest BCUT2D eigenvalue weighted by Gasteiger charge is -2.25. The van der Waals surface area contributed by atoms with E-state index in [1.807, 2.05) is 12.1 Å². The van der Waals surface area contributed by atoms with E-state index in [0.29, 0.717) is 17.0 Å². The topological polar surface area (TPSA) is 37.5 Å². The fourth-order valence-corrected chi connectivity index (χ4v) is 3.14. The average molecular weight is 354 g/mol. The van der Waals surface area contributed by atoms with Crippen molar-refractivity contribution in [3.63, 3.8) is 0 Å². The van der Waals surface area contributed by atoms with Gasteiger partial charge in [-0.2, -0.15) is 0 Å². The fraction of sp³-hybridized carbons (Fsp3) is 0.444. The number of piperidine rings is 1. The summed E-state index contributed by atoms with van der Waals surface area (Å²) in [7, 11) is 1.49. The Morgan fingerprint density at radius 2 is 1.84 bits per heavy atom. The van der Waals surface area contributed by atoms with Gasteiger partial charge in [-0.05, 0) is 56.3 Å². The molecule has 0 aliphatic carbocycles. The minimum Gasteiger partial charge on any atom is -0.496 e. The normalized spacial score (nSPS) is 16.0. The van der Waals surface area contributed by atoms with E-state index < -0.39 is 6.36 Å². The van der Waals surface area contributed by atoms with Crippen molar-refractivity contribution in [2.75, 3.05) is 20.2 Å². The Morgan fingerprint density at radius 1 is 1.08 bits per heavy atom. The molecule has 1 saturated heterocycles. The standard InChI is InChI=1S/C18H21F3N2O2/c1-24-17-8-6-14(25-18(19,20)21)11-15(17)16-7-5-13(22-16)12-23-9-3-2-4-10-23/h5-8,11,22H,2-4,9-10,12H2,1H3. The average Bonchev–Trinajstić information content (AvgIpc) is 3.02. The summed E-state index contributed by atoms with van der Waals surface area (Å²) in [5.41, 5.74) is 2.27. The van der Waals surface area contributed by atoms with E-state index in [4.69, 9.17) is 4.74 Å². The number of aromatic amines is 1. The van der Waals surface area contributed by atoms with Gasteiger partial charge in [0.25, 0.3) is 0 Å². The fourth-order valence-electron chi connectivity index (χ4n) is 3.14. The van der Waals surface area contributed by atoms with Crippen LogP contribution in [0.3, 0.4) is 0 Å². The molecule has 1 aliphatic rings. The van der Waals surface area contributed by atoms with Gasteiger partial charge in [-0.3, -0.25) is 4.90 Å². The number of hydrogen-bond acceptors (Lipinski definition) is 3. The number of nitrogens with one attached hydrogen (secondary N) is 1. The van der Waals surface area contributed by atoms with E-state index in [-0.39, 0.29) is 5.75 Å². The molecule has 136 valence electrons. The third kappa shape index (κ3) is 4.69. The predicted octanol–water partition coefficient (Wildman–Crippen LogP) is 4.57. The van der Waals surface area contributed by atoms with Crippen LogP contribution in [0.15, 0.2) is 30.3 Å². The van der Waals surface area contributed by atoms with Crippen LogP contribution < -0.4 is 9.47 Å². The molecule has 3 rings (SSSR count). The number of nitrogens with zero attached hydrogens (tertiary/aromatic N) is 1. The monoisotopic (exact) mass is 354 g/mol. The molecule has 4 nitrogen and oxygen atoms in total. The van der Waals surface area contributed by atoms with Crippen LogP contribution in [0.2, 0.25) is 0 Å². The van der Waals surface area contributed by atoms with Crippen molar-refractivity contribution in [1.82, 2.24) is 9.88 Å². The molecular weight excluding hydrogens is 333 g/mol. The lowest BCUT2D eigenvalue weighted by atomic mass is 10.1. The Morgan fingerprint density at radius 3 is 2.52 bits per heavy atom. The van der Waals surface area contributed by atoms with E-state index in [1.165, 1.54) is 44.6 Å². The van der Waals surface area contributed by atoms with Crippen molar-refractivity contribution < 1.29 is 22.6 Å². The summed E-state index contributed by atoms with van der Waals surface area (Å²) in [6.07, 6.45) is -1.03. The highest BCUT2D eigenvalue weighted by Crippen LogP contribution is 2.35. The minimum absolute atomic E-state index is 0.268. The number of aromatic nitrogens is 1. The first-order valence-electron chi connectivity index (χ1n) is 8.29. The van der Waals surface area contributed by atoms with Gasteiger partial charge in [-0.1, -0.05) is 6.42 Å². The number of ether oxygens (including phenoxy) is 2. The molecule has 0 saturated carbocycles. The number of benzene rings is 1. The van der Waals surface area contributed by atoms with Crippen LogP contribution in [0.5, 0.6) is 11.5 Å². The Bertz CT molecular complexity index is 707. The van der Waals surface area contributed by atoms with Crippen LogP contribution in [0.1, 0.15) is 25.0 Å². The van der Waals surface area contributed by atoms with Crippen LogP contribution in [0.25, 0.3) is 11.3 Å². The molecule has 0 bridgehead atoms. The highest BCUT2D eigenvalue weighted by Gasteiger charge is 2.31. The van der Waals surface area contributed by atoms with Gasteiger partial charge in [0.2, 0.25) is 0 Å². The maximum atomic E-state index is 12.5. The molecule has 2 aromatic rings. The van der Waals surface area contributed by atoms with Gasteiger partial charge in [-0.15, -0.1) is 13.2 Å². The molecule has 0 unspecified atom stereocenters. The quantitative estimate of drug-likeness (QED) is 0.854. The molecule has 1 aromatic carbocycles. The zero-order chi connectivity index (χ0) is 17.9. The summed E-state index contributed by atoms with van der Waals surface area (Å²) in [6, 6.07) is 7.87. The Labute approximate surface area is 144 Å². The highest BCUT2D eigenvalue weighted by atomic mass is 19.4. The smallest absolute Gasteiger partial charge is 0.496 e. The molecule has 1 aromatic heterocycles. The number of hydrogen-bond donors (Lipinski definition) is 1. The summed E-state index contributed by atoms with van der Waals surface area (Å²) >= 11 is 0. The molecule has 25 heavy (non-hydrogen) atoms. The molecular formula is C18H21F3N2O2. The maximum Gasteiger partial charge on any atom is 0.573 e. The van der Waals surface area contributed by atoms with Gasteiger partial charge in [0.05, 0.1) is 7.11 Å². The van der Waals surface area contributed by atoms with Crippen LogP contribution >= 0.6 is 0 Å². The van der Waals surface area contributed by atoms with Crippen LogP contribution in [0, 0.1) is 0 Å². The summed E-state index contributed by atoms with van der Waals surface area (Å²) in [4.78, 5) is 5.66. The summed E-state index contributed by atoms with van der Waals surface area (Å²) < 4.78 is 46.7. The van der Waals surface area contributed by atoms with Crippen LogP contribution in [0.4, 0.5) is 13.2 Å². The number of H-pyrrole nitrogens is 1. The van der Waals surface area contributed by atoms with Gasteiger partial charge in [0, 0.05) is 23.5 Å². The Kier molecular flexibility index (Phi) is 5.22. The zero-order valence-electron chi connectivity index (χ0n) is 14.0. The first-order valence-corrected chi connectivity index (χ1v) is 8.29. The summed E-state index contributed by atoms with van der Waals surface area (Å²) in [5.74, 6) is 0.219. The lowest BCUT2D eigenvalue weighted by molar-refractivity contribution is -0.274. The molecule has 0 spiro atoms. The molecule has 0 atom stereocenters. The first kappa shape index (κ1) is 17.7. The second kappa shape index (κ2) is 7.39. The number of alkyl halides is 3. The predicted molar refractivity (Wildman–Crippen MR) is 88.6 cm³/mol. The van der Waals surface area contributed by atoms with Gasteiger partial charge < -0.3 is 14.5 Å². The third-order valence-corrected chi connectivity index (χ3v) is 4.28. The second-order valence-corrected chi connectivity index (χ2v) is 6.14. The molecule has 1 N–H and O–H groups in total. The Hall–Kier alpha value is -2.15. The van der Waals surface area contributed by atoms with E-state index in [9.17, 15) is 13.2 Å². The molecule has 0 radical (unpaired) electrons. The summed E-state index contributed by atoms with van der Waals surface area (Å²) in [6.45, 7) is 2.96. The van der Waals surface area contributed by atoms with E-state index in [0.717, 1.165) is 25.3 Å². The van der Waals surface area contributed by atoms with E-state index >= 15 is 0 Å². The van der Waals surface area contributed by atoms with E-state index in [1.54, 1.807) is 0 Å². The van der Waals surface area contributed by atoms with Crippen molar-refractivity contribution in [2.45, 2.75) is 32.2 Å². The van der Waals surface area contributed by atoms with Crippen LogP contribution in [-0.2, 0) is 6.54 Å². The van der Waals surface area contributed by atoms with Gasteiger partial charge >= 0.3 is 6.36 Å². The number of rotatable bonds is 5. The van der Waals surface area contributed by atoms with Crippen molar-refractivity contribution in [1.29, 1.82) is 0 Å². The molecule has 0 amide bonds. The Balaban J connectivity index is 1.81. The number of halogens is 3. The first-order chi connectivity index (χ1) is 11.9. The van der Waals surface area contributed by atoms with Crippen molar-refractivity contribution in [3.05, 3.63) is 36.0 Å². The highest BCUT2D eigenvalue weighted by molar-refractivity contribution is 5.69. The lowest BCUT2D eigenvalue weighted by Crippen LogP contribution is -2.29. The molecule has 2 heterocycles. The van der Waals surface area contributed by atoms with Gasteiger partial charge in [0.15, 0.2) is 0 Å². The van der Waals surface area contributed by atoms with Crippen molar-refractivity contribution in [3.8, 4) is 22.8 Å². The molecule has 7 heteroatoms. The minimum atomic E-state index is -4.72. The SMILES string of the molecule is COc1ccc(OC(F)(F)F)cc1-c1ccc(CN2CCCCC2)[nH]1. The summed E-state index contributed by atoms with van der Waals surface area (Å²) in [5, 5.41) is 0. The molecule has 1 aliphatic heterocycles. The zero-order valence-corrected chi connectivity index (χ0v) is 14.0. The number of methoxy groups -OCH3 is 1. The second-order valence-electron chi connectivity index (χ2n) is 6.14. The third-order valence-electron chi connectivity index (χ3n) is 4.28. The largest absolute Gasteiger partial charge is 0.573 e. The van der Waals surface area contributed by atoms with Gasteiger partial charge in [-0.25, -0.2) is 0 Å². The molecule has 1 fully saturated rings. The van der Waals surface area contributed by atoms with Crippen LogP contribution in [-0.4, -0.2) is 36.4 Å². The number of likely N-dealkylation sites (tertiary alicyclic amines) is 1. The van der Waals surface area contributed by atoms with Crippen molar-refractivity contribution >= 4 is 0 Å².